The lowest BCUT2D eigenvalue weighted by Crippen LogP contribution is -2.23. The van der Waals surface area contributed by atoms with Crippen LogP contribution in [0.15, 0.2) is 30.9 Å². The van der Waals surface area contributed by atoms with E-state index in [-0.39, 0.29) is 0 Å². The molecule has 2 aromatic rings. The number of nitrogens with zero attached hydrogens (tertiary/aromatic N) is 4. The predicted molar refractivity (Wildman–Crippen MR) is 75.8 cm³/mol. The Morgan fingerprint density at radius 1 is 1.26 bits per heavy atom. The van der Waals surface area contributed by atoms with E-state index in [0.717, 1.165) is 24.3 Å². The first kappa shape index (κ1) is 13.2. The van der Waals surface area contributed by atoms with Gasteiger partial charge in [0.15, 0.2) is 0 Å². The second-order valence-electron chi connectivity index (χ2n) is 4.34. The molecule has 0 fully saturated rings. The molecule has 6 nitrogen and oxygen atoms in total. The summed E-state index contributed by atoms with van der Waals surface area (Å²) in [5.41, 5.74) is 4.78. The van der Waals surface area contributed by atoms with Gasteiger partial charge >= 0.3 is 0 Å². The zero-order chi connectivity index (χ0) is 13.7. The van der Waals surface area contributed by atoms with Gasteiger partial charge in [0.05, 0.1) is 0 Å². The number of pyridine rings is 1. The Morgan fingerprint density at radius 3 is 2.68 bits per heavy atom. The fourth-order valence-corrected chi connectivity index (χ4v) is 1.92. The van der Waals surface area contributed by atoms with Crippen molar-refractivity contribution in [3.63, 3.8) is 0 Å². The lowest BCUT2D eigenvalue weighted by molar-refractivity contribution is 0.848. The van der Waals surface area contributed by atoms with Crippen molar-refractivity contribution in [2.24, 2.45) is 5.84 Å². The maximum absolute atomic E-state index is 5.42. The molecule has 0 unspecified atom stereocenters. The van der Waals surface area contributed by atoms with Crippen molar-refractivity contribution in [1.29, 1.82) is 0 Å². The van der Waals surface area contributed by atoms with Crippen molar-refractivity contribution in [2.45, 2.75) is 13.3 Å². The Labute approximate surface area is 112 Å². The summed E-state index contributed by atoms with van der Waals surface area (Å²) in [5, 5.41) is 0. The quantitative estimate of drug-likeness (QED) is 0.618. The monoisotopic (exact) mass is 258 g/mol. The predicted octanol–water partition coefficient (Wildman–Crippen LogP) is 1.14. The lowest BCUT2D eigenvalue weighted by atomic mass is 10.2. The van der Waals surface area contributed by atoms with Crippen LogP contribution < -0.4 is 16.2 Å². The normalized spacial score (nSPS) is 10.3. The molecule has 0 bridgehead atoms. The van der Waals surface area contributed by atoms with Gasteiger partial charge in [-0.05, 0) is 31.0 Å². The van der Waals surface area contributed by atoms with E-state index in [1.54, 1.807) is 0 Å². The number of nitrogen functional groups attached to an aromatic ring is 1. The van der Waals surface area contributed by atoms with E-state index in [4.69, 9.17) is 5.84 Å². The Kier molecular flexibility index (Phi) is 4.25. The van der Waals surface area contributed by atoms with E-state index in [9.17, 15) is 0 Å². The van der Waals surface area contributed by atoms with Crippen LogP contribution in [0.4, 0.5) is 11.6 Å². The number of anilines is 2. The number of rotatable bonds is 5. The van der Waals surface area contributed by atoms with Gasteiger partial charge in [0.1, 0.15) is 18.0 Å². The molecule has 0 aromatic carbocycles. The van der Waals surface area contributed by atoms with Gasteiger partial charge < -0.3 is 10.3 Å². The van der Waals surface area contributed by atoms with E-state index in [0.29, 0.717) is 5.82 Å². The summed E-state index contributed by atoms with van der Waals surface area (Å²) in [4.78, 5) is 14.5. The van der Waals surface area contributed by atoms with Gasteiger partial charge in [-0.25, -0.2) is 15.8 Å². The van der Waals surface area contributed by atoms with Crippen LogP contribution >= 0.6 is 0 Å². The molecule has 100 valence electrons. The van der Waals surface area contributed by atoms with E-state index < -0.39 is 0 Å². The van der Waals surface area contributed by atoms with Crippen molar-refractivity contribution in [3.8, 4) is 0 Å². The van der Waals surface area contributed by atoms with Crippen molar-refractivity contribution in [2.75, 3.05) is 23.9 Å². The van der Waals surface area contributed by atoms with E-state index in [1.165, 1.54) is 11.9 Å². The molecule has 0 saturated carbocycles. The highest BCUT2D eigenvalue weighted by Gasteiger charge is 2.10. The molecule has 2 aromatic heterocycles. The van der Waals surface area contributed by atoms with Crippen LogP contribution in [0.2, 0.25) is 0 Å². The van der Waals surface area contributed by atoms with E-state index in [2.05, 4.69) is 25.3 Å². The summed E-state index contributed by atoms with van der Waals surface area (Å²) in [6.45, 7) is 2.82. The lowest BCUT2D eigenvalue weighted by Gasteiger charge is -2.20. The maximum Gasteiger partial charge on any atom is 0.148 e. The molecule has 6 heteroatoms. The minimum atomic E-state index is 0.653. The van der Waals surface area contributed by atoms with Crippen LogP contribution in [0, 0.1) is 6.92 Å². The van der Waals surface area contributed by atoms with Crippen molar-refractivity contribution in [3.05, 3.63) is 42.0 Å². The molecule has 0 saturated heterocycles. The Hall–Kier alpha value is -2.21. The first-order valence-electron chi connectivity index (χ1n) is 6.10. The van der Waals surface area contributed by atoms with E-state index >= 15 is 0 Å². The summed E-state index contributed by atoms with van der Waals surface area (Å²) >= 11 is 0. The fourth-order valence-electron chi connectivity index (χ4n) is 1.92. The third-order valence-corrected chi connectivity index (χ3v) is 3.04. The molecule has 0 radical (unpaired) electrons. The molecule has 0 atom stereocenters. The Morgan fingerprint density at radius 2 is 2.00 bits per heavy atom. The minimum Gasteiger partial charge on any atom is -0.359 e. The highest BCUT2D eigenvalue weighted by atomic mass is 15.3. The number of hydrogen-bond donors (Lipinski definition) is 2. The van der Waals surface area contributed by atoms with Gasteiger partial charge in [0.25, 0.3) is 0 Å². The summed E-state index contributed by atoms with van der Waals surface area (Å²) < 4.78 is 0. The van der Waals surface area contributed by atoms with Gasteiger partial charge in [-0.15, -0.1) is 0 Å². The third kappa shape index (κ3) is 3.17. The smallest absolute Gasteiger partial charge is 0.148 e. The molecular weight excluding hydrogens is 240 g/mol. The molecule has 2 rings (SSSR count). The maximum atomic E-state index is 5.42. The first-order chi connectivity index (χ1) is 9.22. The zero-order valence-electron chi connectivity index (χ0n) is 11.2. The molecule has 0 aliphatic heterocycles. The summed E-state index contributed by atoms with van der Waals surface area (Å²) in [6, 6.07) is 4.04. The number of hydrogen-bond acceptors (Lipinski definition) is 6. The summed E-state index contributed by atoms with van der Waals surface area (Å²) in [5.74, 6) is 6.96. The Bertz CT molecular complexity index is 528. The molecule has 19 heavy (non-hydrogen) atoms. The SMILES string of the molecule is Cc1c(NN)ncnc1N(C)CCc1ccncc1. The minimum absolute atomic E-state index is 0.653. The zero-order valence-corrected chi connectivity index (χ0v) is 11.2. The van der Waals surface area contributed by atoms with Crippen LogP contribution in [-0.2, 0) is 6.42 Å². The summed E-state index contributed by atoms with van der Waals surface area (Å²) in [7, 11) is 2.01. The molecule has 0 amide bonds. The van der Waals surface area contributed by atoms with Crippen LogP contribution in [-0.4, -0.2) is 28.5 Å². The highest BCUT2D eigenvalue weighted by Crippen LogP contribution is 2.20. The van der Waals surface area contributed by atoms with Crippen LogP contribution in [0.3, 0.4) is 0 Å². The van der Waals surface area contributed by atoms with Gasteiger partial charge in [-0.1, -0.05) is 0 Å². The van der Waals surface area contributed by atoms with Crippen LogP contribution in [0.5, 0.6) is 0 Å². The van der Waals surface area contributed by atoms with E-state index in [1.807, 2.05) is 38.5 Å². The Balaban J connectivity index is 2.06. The van der Waals surface area contributed by atoms with Gasteiger partial charge in [-0.3, -0.25) is 4.98 Å². The van der Waals surface area contributed by atoms with Crippen LogP contribution in [0.1, 0.15) is 11.1 Å². The number of nitrogens with two attached hydrogens (primary N) is 1. The molecule has 2 heterocycles. The summed E-state index contributed by atoms with van der Waals surface area (Å²) in [6.07, 6.45) is 6.07. The molecule has 0 aliphatic rings. The second kappa shape index (κ2) is 6.10. The third-order valence-electron chi connectivity index (χ3n) is 3.04. The van der Waals surface area contributed by atoms with Crippen molar-refractivity contribution < 1.29 is 0 Å². The average Bonchev–Trinajstić information content (AvgIpc) is 2.46. The van der Waals surface area contributed by atoms with Gasteiger partial charge in [-0.2, -0.15) is 0 Å². The van der Waals surface area contributed by atoms with Gasteiger partial charge in [0, 0.05) is 31.5 Å². The second-order valence-corrected chi connectivity index (χ2v) is 4.34. The standard InChI is InChI=1S/C13H18N6/c1-10-12(18-14)16-9-17-13(10)19(2)8-5-11-3-6-15-7-4-11/h3-4,6-7,9H,5,8,14H2,1-2H3,(H,16,17,18). The van der Waals surface area contributed by atoms with Gasteiger partial charge in [0.2, 0.25) is 0 Å². The number of hydrazine groups is 1. The largest absolute Gasteiger partial charge is 0.359 e. The fraction of sp³-hybridized carbons (Fsp3) is 0.308. The van der Waals surface area contributed by atoms with Crippen molar-refractivity contribution in [1.82, 2.24) is 15.0 Å². The average molecular weight is 258 g/mol. The van der Waals surface area contributed by atoms with Crippen LogP contribution in [0.25, 0.3) is 0 Å². The highest BCUT2D eigenvalue weighted by molar-refractivity contribution is 5.56. The van der Waals surface area contributed by atoms with Crippen molar-refractivity contribution >= 4 is 11.6 Å². The number of likely N-dealkylation sites (N-methyl/N-ethyl adjacent to an activating group) is 1. The number of aromatic nitrogens is 3. The molecular formula is C13H18N6. The molecule has 0 aliphatic carbocycles. The molecule has 0 spiro atoms. The first-order valence-corrected chi connectivity index (χ1v) is 6.10. The number of nitrogens with one attached hydrogen (secondary N) is 1. The topological polar surface area (TPSA) is 80.0 Å². The molecule has 3 N–H and O–H groups in total.